The Morgan fingerprint density at radius 1 is 1.24 bits per heavy atom. The molecule has 9 heteroatoms. The third-order valence-electron chi connectivity index (χ3n) is 2.64. The van der Waals surface area contributed by atoms with Crippen LogP contribution in [-0.4, -0.2) is 68.2 Å². The lowest BCUT2D eigenvalue weighted by Crippen LogP contribution is -3.15. The molecule has 0 unspecified atom stereocenters. The summed E-state index contributed by atoms with van der Waals surface area (Å²) in [6, 6.07) is 0. The molecule has 98 valence electrons. The molecule has 0 aromatic rings. The number of rotatable bonds is 3. The number of quaternary nitrogens is 1. The second-order valence-electron chi connectivity index (χ2n) is 3.84. The minimum Gasteiger partial charge on any atom is -0.748 e. The van der Waals surface area contributed by atoms with Crippen LogP contribution < -0.4 is 10.0 Å². The van der Waals surface area contributed by atoms with Crippen LogP contribution in [0, 0.1) is 0 Å². The van der Waals surface area contributed by atoms with Crippen molar-refractivity contribution in [2.75, 3.05) is 38.5 Å². The average Bonchev–Trinajstić information content (AvgIpc) is 2.25. The first-order chi connectivity index (χ1) is 7.79. The van der Waals surface area contributed by atoms with Crippen molar-refractivity contribution in [3.05, 3.63) is 0 Å². The Bertz CT molecular complexity index is 398. The van der Waals surface area contributed by atoms with E-state index < -0.39 is 27.7 Å². The van der Waals surface area contributed by atoms with Crippen LogP contribution in [0.25, 0.3) is 0 Å². The fourth-order valence-corrected chi connectivity index (χ4v) is 2.21. The molecule has 0 aromatic carbocycles. The zero-order chi connectivity index (χ0) is 13.1. The highest BCUT2D eigenvalue weighted by atomic mass is 32.2. The fourth-order valence-electron chi connectivity index (χ4n) is 1.67. The first-order valence-electron chi connectivity index (χ1n) is 5.07. The van der Waals surface area contributed by atoms with Crippen LogP contribution in [0.3, 0.4) is 0 Å². The van der Waals surface area contributed by atoms with Gasteiger partial charge in [0.15, 0.2) is 0 Å². The lowest BCUT2D eigenvalue weighted by atomic mass is 10.3. The van der Waals surface area contributed by atoms with Gasteiger partial charge in [0.25, 0.3) is 5.91 Å². The number of carbonyl (C=O) groups is 2. The minimum absolute atomic E-state index is 0.180. The second-order valence-corrected chi connectivity index (χ2v) is 5.37. The third-order valence-corrected chi connectivity index (χ3v) is 3.34. The lowest BCUT2D eigenvalue weighted by molar-refractivity contribution is -0.901. The van der Waals surface area contributed by atoms with Crippen LogP contribution in [0.1, 0.15) is 0 Å². The van der Waals surface area contributed by atoms with E-state index in [9.17, 15) is 27.7 Å². The molecule has 1 aliphatic rings. The molecule has 1 aliphatic heterocycles. The van der Waals surface area contributed by atoms with E-state index in [0.29, 0.717) is 13.1 Å². The Balaban J connectivity index is 2.36. The van der Waals surface area contributed by atoms with Crippen LogP contribution >= 0.6 is 0 Å². The molecule has 0 aliphatic carbocycles. The minimum atomic E-state index is -4.22. The number of nitrogens with one attached hydrogen (secondary N) is 1. The number of carbonyl (C=O) groups excluding carboxylic acids is 2. The molecule has 0 bridgehead atoms. The molecule has 0 aromatic heterocycles. The number of hydrogen-bond donors (Lipinski definition) is 1. The van der Waals surface area contributed by atoms with E-state index >= 15 is 0 Å². The number of piperazine rings is 1. The fraction of sp³-hybridized carbons (Fsp3) is 0.750. The highest BCUT2D eigenvalue weighted by Crippen LogP contribution is 1.90. The maximum absolute atomic E-state index is 11.0. The van der Waals surface area contributed by atoms with E-state index in [0.717, 1.165) is 9.80 Å². The van der Waals surface area contributed by atoms with E-state index in [1.54, 1.807) is 0 Å². The first kappa shape index (κ1) is 13.9. The number of carboxylic acid groups (broad SMARTS) is 1. The van der Waals surface area contributed by atoms with Crippen molar-refractivity contribution in [2.24, 2.45) is 0 Å². The van der Waals surface area contributed by atoms with Gasteiger partial charge in [0.1, 0.15) is 16.1 Å². The maximum atomic E-state index is 11.0. The van der Waals surface area contributed by atoms with Crippen molar-refractivity contribution in [1.29, 1.82) is 0 Å². The molecule has 17 heavy (non-hydrogen) atoms. The van der Waals surface area contributed by atoms with E-state index in [-0.39, 0.29) is 19.6 Å². The molecule has 0 spiro atoms. The van der Waals surface area contributed by atoms with E-state index in [1.165, 1.54) is 0 Å². The van der Waals surface area contributed by atoms with Gasteiger partial charge in [-0.1, -0.05) is 0 Å². The summed E-state index contributed by atoms with van der Waals surface area (Å²) >= 11 is 0. The highest BCUT2D eigenvalue weighted by molar-refractivity contribution is 7.85. The molecule has 1 amide bonds. The van der Waals surface area contributed by atoms with Crippen molar-refractivity contribution in [1.82, 2.24) is 4.90 Å². The summed E-state index contributed by atoms with van der Waals surface area (Å²) in [5.41, 5.74) is 0. The molecule has 8 nitrogen and oxygen atoms in total. The van der Waals surface area contributed by atoms with Crippen molar-refractivity contribution < 1.29 is 32.6 Å². The van der Waals surface area contributed by atoms with Gasteiger partial charge in [0.2, 0.25) is 0 Å². The van der Waals surface area contributed by atoms with Gasteiger partial charge in [0.05, 0.1) is 38.5 Å². The Labute approximate surface area is 98.6 Å². The van der Waals surface area contributed by atoms with Gasteiger partial charge >= 0.3 is 0 Å². The van der Waals surface area contributed by atoms with Gasteiger partial charge in [-0.15, -0.1) is 0 Å². The summed E-state index contributed by atoms with van der Waals surface area (Å²) in [7, 11) is -4.22. The summed E-state index contributed by atoms with van der Waals surface area (Å²) in [6.07, 6.45) is 0. The molecule has 1 saturated heterocycles. The number of amides is 1. The molecular weight excluding hydrogens is 252 g/mol. The Hall–Kier alpha value is -1.19. The Kier molecular flexibility index (Phi) is 4.43. The molecule has 1 heterocycles. The van der Waals surface area contributed by atoms with Crippen LogP contribution in [0.2, 0.25) is 0 Å². The van der Waals surface area contributed by atoms with E-state index in [4.69, 9.17) is 0 Å². The van der Waals surface area contributed by atoms with Crippen LogP contribution in [0.15, 0.2) is 0 Å². The molecular formula is C8H13N2O6S-. The molecule has 0 radical (unpaired) electrons. The maximum Gasteiger partial charge on any atom is 0.269 e. The standard InChI is InChI=1S/C8H14N2O6S/c11-7(8(12)13)10-3-1-9(2-4-10)5-6-17(14,15)16/h1-6H2,(H,12,13)(H,14,15,16)/p-1. The van der Waals surface area contributed by atoms with Gasteiger partial charge in [-0.2, -0.15) is 0 Å². The molecule has 1 fully saturated rings. The summed E-state index contributed by atoms with van der Waals surface area (Å²) < 4.78 is 31.2. The topological polar surface area (TPSA) is 122 Å². The Morgan fingerprint density at radius 3 is 2.18 bits per heavy atom. The van der Waals surface area contributed by atoms with Crippen molar-refractivity contribution in [2.45, 2.75) is 0 Å². The van der Waals surface area contributed by atoms with Gasteiger partial charge < -0.3 is 24.3 Å². The lowest BCUT2D eigenvalue weighted by Gasteiger charge is -2.32. The zero-order valence-electron chi connectivity index (χ0n) is 9.05. The molecule has 1 rings (SSSR count). The number of carboxylic acids is 1. The SMILES string of the molecule is O=C([O-])C(=O)N1CC[NH+](CCS(=O)(=O)[O-])CC1. The van der Waals surface area contributed by atoms with Crippen molar-refractivity contribution in [3.63, 3.8) is 0 Å². The predicted molar refractivity (Wildman–Crippen MR) is 51.7 cm³/mol. The van der Waals surface area contributed by atoms with Gasteiger partial charge in [-0.05, 0) is 0 Å². The monoisotopic (exact) mass is 265 g/mol. The van der Waals surface area contributed by atoms with E-state index in [1.807, 2.05) is 0 Å². The van der Waals surface area contributed by atoms with Gasteiger partial charge in [-0.3, -0.25) is 4.79 Å². The predicted octanol–water partition coefficient (Wildman–Crippen LogP) is -4.99. The first-order valence-corrected chi connectivity index (χ1v) is 6.65. The third kappa shape index (κ3) is 4.67. The second kappa shape index (κ2) is 5.43. The number of aliphatic carboxylic acids is 1. The van der Waals surface area contributed by atoms with Crippen LogP contribution in [0.5, 0.6) is 0 Å². The van der Waals surface area contributed by atoms with Crippen LogP contribution in [-0.2, 0) is 19.7 Å². The van der Waals surface area contributed by atoms with Gasteiger partial charge in [0, 0.05) is 0 Å². The molecule has 0 saturated carbocycles. The molecule has 1 N–H and O–H groups in total. The Morgan fingerprint density at radius 2 is 1.76 bits per heavy atom. The molecule has 0 atom stereocenters. The highest BCUT2D eigenvalue weighted by Gasteiger charge is 2.24. The van der Waals surface area contributed by atoms with E-state index in [2.05, 4.69) is 0 Å². The van der Waals surface area contributed by atoms with Gasteiger partial charge in [-0.25, -0.2) is 8.42 Å². The normalized spacial score (nSPS) is 18.1. The summed E-state index contributed by atoms with van der Waals surface area (Å²) in [5, 5.41) is 10.3. The smallest absolute Gasteiger partial charge is 0.269 e. The van der Waals surface area contributed by atoms with Crippen LogP contribution in [0.4, 0.5) is 0 Å². The quantitative estimate of drug-likeness (QED) is 0.403. The average molecular weight is 265 g/mol. The summed E-state index contributed by atoms with van der Waals surface area (Å²) in [6.45, 7) is 1.48. The summed E-state index contributed by atoms with van der Waals surface area (Å²) in [5.74, 6) is -3.24. The summed E-state index contributed by atoms with van der Waals surface area (Å²) in [4.78, 5) is 23.3. The van der Waals surface area contributed by atoms with Crippen molar-refractivity contribution >= 4 is 22.0 Å². The zero-order valence-corrected chi connectivity index (χ0v) is 9.86. The largest absolute Gasteiger partial charge is 0.748 e. The van der Waals surface area contributed by atoms with Crippen molar-refractivity contribution in [3.8, 4) is 0 Å². The number of hydrogen-bond acceptors (Lipinski definition) is 6. The number of nitrogens with zero attached hydrogens (tertiary/aromatic N) is 1.